The summed E-state index contributed by atoms with van der Waals surface area (Å²) in [5, 5.41) is 12.0. The van der Waals surface area contributed by atoms with Crippen LogP contribution in [0, 0.1) is 17.2 Å². The van der Waals surface area contributed by atoms with Gasteiger partial charge in [-0.2, -0.15) is 4.72 Å². The molecule has 2 heterocycles. The van der Waals surface area contributed by atoms with Gasteiger partial charge >= 0.3 is 11.9 Å². The number of nitrogens with one attached hydrogen (secondary N) is 3. The summed E-state index contributed by atoms with van der Waals surface area (Å²) in [6, 6.07) is 10.4. The minimum Gasteiger partial charge on any atom is -0.466 e. The normalized spacial score (nSPS) is 20.9. The van der Waals surface area contributed by atoms with E-state index < -0.39 is 58.3 Å². The van der Waals surface area contributed by atoms with E-state index in [9.17, 15) is 27.6 Å². The number of hydrogen-bond donors (Lipinski definition) is 4. The van der Waals surface area contributed by atoms with Gasteiger partial charge in [-0.25, -0.2) is 8.42 Å². The molecule has 0 aliphatic carbocycles. The summed E-state index contributed by atoms with van der Waals surface area (Å²) in [5.41, 5.74) is 5.65. The maximum atomic E-state index is 13.6. The van der Waals surface area contributed by atoms with Crippen molar-refractivity contribution in [3.63, 3.8) is 0 Å². The van der Waals surface area contributed by atoms with Crippen LogP contribution in [0.5, 0.6) is 0 Å². The molecule has 0 radical (unpaired) electrons. The molecule has 0 unspecified atom stereocenters. The van der Waals surface area contributed by atoms with Gasteiger partial charge in [0.15, 0.2) is 5.96 Å². The van der Waals surface area contributed by atoms with E-state index in [4.69, 9.17) is 20.6 Å². The van der Waals surface area contributed by atoms with Gasteiger partial charge in [-0.1, -0.05) is 30.3 Å². The predicted octanol–water partition coefficient (Wildman–Crippen LogP) is 0.942. The van der Waals surface area contributed by atoms with Gasteiger partial charge in [0.2, 0.25) is 21.8 Å². The zero-order valence-corrected chi connectivity index (χ0v) is 26.9. The van der Waals surface area contributed by atoms with E-state index in [2.05, 4.69) is 10.0 Å². The average Bonchev–Trinajstić information content (AvgIpc) is 3.03. The number of likely N-dealkylation sites (tertiary alicyclic amines) is 2. The van der Waals surface area contributed by atoms with Crippen LogP contribution < -0.4 is 15.8 Å². The van der Waals surface area contributed by atoms with Crippen LogP contribution in [-0.2, 0) is 38.7 Å². The fraction of sp³-hybridized carbons (Fsp3) is 0.516. The molecule has 2 amide bonds. The molecule has 250 valence electrons. The van der Waals surface area contributed by atoms with Crippen molar-refractivity contribution in [2.75, 3.05) is 39.3 Å². The molecule has 5 N–H and O–H groups in total. The van der Waals surface area contributed by atoms with E-state index in [1.165, 1.54) is 24.0 Å². The Hall–Kier alpha value is -4.24. The molecule has 2 saturated heterocycles. The number of benzene rings is 2. The van der Waals surface area contributed by atoms with Crippen molar-refractivity contribution in [3.8, 4) is 0 Å². The number of amides is 2. The third kappa shape index (κ3) is 8.94. The largest absolute Gasteiger partial charge is 0.466 e. The first kappa shape index (κ1) is 34.6. The second-order valence-corrected chi connectivity index (χ2v) is 13.3. The van der Waals surface area contributed by atoms with Crippen molar-refractivity contribution in [2.45, 2.75) is 56.6 Å². The fourth-order valence-corrected chi connectivity index (χ4v) is 7.12. The molecule has 0 spiro atoms. The molecule has 46 heavy (non-hydrogen) atoms. The highest BCUT2D eigenvalue weighted by Gasteiger charge is 2.40. The molecule has 2 aromatic rings. The second-order valence-electron chi connectivity index (χ2n) is 11.6. The Labute approximate surface area is 268 Å². The van der Waals surface area contributed by atoms with Gasteiger partial charge < -0.3 is 30.3 Å². The summed E-state index contributed by atoms with van der Waals surface area (Å²) in [7, 11) is -4.26. The van der Waals surface area contributed by atoms with Crippen molar-refractivity contribution >= 4 is 50.5 Å². The Morgan fingerprint density at radius 1 is 1.04 bits per heavy atom. The first-order valence-corrected chi connectivity index (χ1v) is 16.9. The molecular weight excluding hydrogens is 616 g/mol. The number of ether oxygens (including phenoxy) is 2. The molecule has 0 aromatic heterocycles. The number of carbonyl (C=O) groups excluding carboxylic acids is 4. The third-order valence-electron chi connectivity index (χ3n) is 8.26. The van der Waals surface area contributed by atoms with Crippen molar-refractivity contribution in [1.82, 2.24) is 19.8 Å². The highest BCUT2D eigenvalue weighted by molar-refractivity contribution is 7.89. The van der Waals surface area contributed by atoms with Crippen LogP contribution in [0.3, 0.4) is 0 Å². The summed E-state index contributed by atoms with van der Waals surface area (Å²) >= 11 is 0. The van der Waals surface area contributed by atoms with Gasteiger partial charge in [0, 0.05) is 46.1 Å². The SMILES string of the molecule is CCOC(=O)[C@H]1CN(C(=O)C[C@@H](NS(=O)(=O)c2ccc3ccccc3c2)C(=O)NC[C@@H]2CCCN(C(=N)N)C2)CC[C@@H]1OC(C)=O. The Morgan fingerprint density at radius 2 is 1.78 bits per heavy atom. The lowest BCUT2D eigenvalue weighted by molar-refractivity contribution is -0.166. The maximum Gasteiger partial charge on any atom is 0.314 e. The van der Waals surface area contributed by atoms with Crippen LogP contribution in [0.2, 0.25) is 0 Å². The first-order chi connectivity index (χ1) is 21.9. The molecule has 2 aromatic carbocycles. The van der Waals surface area contributed by atoms with Crippen LogP contribution in [-0.4, -0.2) is 99.4 Å². The Bertz CT molecular complexity index is 1570. The number of fused-ring (bicyclic) bond motifs is 1. The van der Waals surface area contributed by atoms with Crippen molar-refractivity contribution in [3.05, 3.63) is 42.5 Å². The van der Waals surface area contributed by atoms with Gasteiger partial charge in [-0.3, -0.25) is 24.6 Å². The third-order valence-corrected chi connectivity index (χ3v) is 9.73. The van der Waals surface area contributed by atoms with E-state index in [1.54, 1.807) is 30.0 Å². The van der Waals surface area contributed by atoms with E-state index in [0.717, 1.165) is 18.2 Å². The van der Waals surface area contributed by atoms with Crippen LogP contribution in [0.1, 0.15) is 39.5 Å². The highest BCUT2D eigenvalue weighted by atomic mass is 32.2. The Balaban J connectivity index is 1.52. The lowest BCUT2D eigenvalue weighted by atomic mass is 9.94. The summed E-state index contributed by atoms with van der Waals surface area (Å²) in [6.45, 7) is 4.28. The number of esters is 2. The monoisotopic (exact) mass is 658 g/mol. The lowest BCUT2D eigenvalue weighted by Crippen LogP contribution is -2.54. The molecule has 15 heteroatoms. The summed E-state index contributed by atoms with van der Waals surface area (Å²) in [6.07, 6.45) is 0.431. The summed E-state index contributed by atoms with van der Waals surface area (Å²) in [5.74, 6) is -3.44. The first-order valence-electron chi connectivity index (χ1n) is 15.4. The van der Waals surface area contributed by atoms with Gasteiger partial charge in [-0.15, -0.1) is 0 Å². The molecule has 4 atom stereocenters. The van der Waals surface area contributed by atoms with Crippen molar-refractivity contribution in [1.29, 1.82) is 5.41 Å². The molecule has 0 saturated carbocycles. The Kier molecular flexibility index (Phi) is 11.6. The van der Waals surface area contributed by atoms with Crippen molar-refractivity contribution in [2.24, 2.45) is 17.6 Å². The molecule has 14 nitrogen and oxygen atoms in total. The fourth-order valence-electron chi connectivity index (χ4n) is 5.89. The van der Waals surface area contributed by atoms with Crippen LogP contribution in [0.15, 0.2) is 47.4 Å². The smallest absolute Gasteiger partial charge is 0.314 e. The molecule has 4 rings (SSSR count). The number of sulfonamides is 1. The molecule has 0 bridgehead atoms. The number of guanidine groups is 1. The molecule has 2 aliphatic rings. The van der Waals surface area contributed by atoms with E-state index >= 15 is 0 Å². The highest BCUT2D eigenvalue weighted by Crippen LogP contribution is 2.24. The quantitative estimate of drug-likeness (QED) is 0.153. The average molecular weight is 659 g/mol. The number of nitrogens with zero attached hydrogens (tertiary/aromatic N) is 2. The zero-order chi connectivity index (χ0) is 33.4. The number of piperidine rings is 2. The molecule has 2 aliphatic heterocycles. The Morgan fingerprint density at radius 3 is 2.48 bits per heavy atom. The molecular formula is C31H42N6O8S. The second kappa shape index (κ2) is 15.4. The van der Waals surface area contributed by atoms with Gasteiger partial charge in [0.05, 0.1) is 17.9 Å². The predicted molar refractivity (Wildman–Crippen MR) is 169 cm³/mol. The number of rotatable bonds is 11. The van der Waals surface area contributed by atoms with Gasteiger partial charge in [0.25, 0.3) is 0 Å². The number of hydrogen-bond acceptors (Lipinski definition) is 9. The van der Waals surface area contributed by atoms with Crippen molar-refractivity contribution < 1.29 is 37.1 Å². The zero-order valence-electron chi connectivity index (χ0n) is 26.1. The van der Waals surface area contributed by atoms with Crippen LogP contribution >= 0.6 is 0 Å². The minimum absolute atomic E-state index is 0.0271. The van der Waals surface area contributed by atoms with Crippen LogP contribution in [0.25, 0.3) is 10.8 Å². The number of nitrogens with two attached hydrogens (primary N) is 1. The topological polar surface area (TPSA) is 201 Å². The number of carbonyl (C=O) groups is 4. The molecule has 2 fully saturated rings. The summed E-state index contributed by atoms with van der Waals surface area (Å²) < 4.78 is 40.0. The lowest BCUT2D eigenvalue weighted by Gasteiger charge is -2.37. The van der Waals surface area contributed by atoms with Gasteiger partial charge in [-0.05, 0) is 48.6 Å². The minimum atomic E-state index is -4.26. The van der Waals surface area contributed by atoms with E-state index in [0.29, 0.717) is 18.5 Å². The maximum absolute atomic E-state index is 13.6. The van der Waals surface area contributed by atoms with Gasteiger partial charge in [0.1, 0.15) is 18.1 Å². The summed E-state index contributed by atoms with van der Waals surface area (Å²) in [4.78, 5) is 54.5. The van der Waals surface area contributed by atoms with E-state index in [1.807, 2.05) is 12.1 Å². The van der Waals surface area contributed by atoms with E-state index in [-0.39, 0.29) is 49.4 Å². The standard InChI is InChI=1S/C31H42N6O8S/c1-3-44-30(41)25-19-36(14-12-27(25)45-20(2)38)28(39)16-26(29(40)34-17-21-7-6-13-37(18-21)31(32)33)35-46(42,43)24-11-10-22-8-4-5-9-23(22)15-24/h4-5,8-11,15,21,25-27,35H,3,6-7,12-14,16-19H2,1-2H3,(H3,32,33)(H,34,40)/t21-,25-,26+,27-/m0/s1. The van der Waals surface area contributed by atoms with Crippen LogP contribution in [0.4, 0.5) is 0 Å².